The number of anilines is 1. The van der Waals surface area contributed by atoms with E-state index in [1.165, 1.54) is 16.6 Å². The summed E-state index contributed by atoms with van der Waals surface area (Å²) in [7, 11) is -3.54. The molecule has 1 aromatic heterocycles. The lowest BCUT2D eigenvalue weighted by Crippen LogP contribution is -2.42. The number of nitrogens with two attached hydrogens (primary N) is 1. The zero-order valence-corrected chi connectivity index (χ0v) is 14.0. The second-order valence-corrected chi connectivity index (χ2v) is 7.99. The molecular weight excluding hydrogens is 310 g/mol. The van der Waals surface area contributed by atoms with Gasteiger partial charge in [-0.2, -0.15) is 4.31 Å². The minimum atomic E-state index is -3.54. The van der Waals surface area contributed by atoms with E-state index >= 15 is 0 Å². The molecule has 0 aliphatic carbocycles. The third-order valence-electron chi connectivity index (χ3n) is 4.77. The molecule has 2 N–H and O–H groups in total. The fourth-order valence-electron chi connectivity index (χ4n) is 2.88. The summed E-state index contributed by atoms with van der Waals surface area (Å²) in [5, 5.41) is 0.171. The van der Waals surface area contributed by atoms with Crippen LogP contribution in [0.1, 0.15) is 39.5 Å². The van der Waals surface area contributed by atoms with E-state index in [4.69, 9.17) is 17.3 Å². The summed E-state index contributed by atoms with van der Waals surface area (Å²) in [5.74, 6) is 0.144. The molecule has 5 nitrogen and oxygen atoms in total. The third kappa shape index (κ3) is 3.17. The maximum absolute atomic E-state index is 12.6. The van der Waals surface area contributed by atoms with E-state index in [0.29, 0.717) is 13.1 Å². The van der Waals surface area contributed by atoms with E-state index in [0.717, 1.165) is 25.7 Å². The maximum atomic E-state index is 12.6. The molecule has 21 heavy (non-hydrogen) atoms. The van der Waals surface area contributed by atoms with Gasteiger partial charge in [-0.1, -0.05) is 38.3 Å². The van der Waals surface area contributed by atoms with Crippen molar-refractivity contribution in [3.05, 3.63) is 17.3 Å². The van der Waals surface area contributed by atoms with Crippen LogP contribution in [0.5, 0.6) is 0 Å². The Morgan fingerprint density at radius 1 is 1.33 bits per heavy atom. The van der Waals surface area contributed by atoms with E-state index in [1.54, 1.807) is 0 Å². The van der Waals surface area contributed by atoms with Crippen molar-refractivity contribution in [2.24, 2.45) is 5.41 Å². The Hall–Kier alpha value is -0.850. The number of halogens is 1. The maximum Gasteiger partial charge on any atom is 0.244 e. The number of nitrogens with zero attached hydrogens (tertiary/aromatic N) is 2. The Morgan fingerprint density at radius 3 is 2.38 bits per heavy atom. The smallest absolute Gasteiger partial charge is 0.244 e. The summed E-state index contributed by atoms with van der Waals surface area (Å²) < 4.78 is 26.8. The summed E-state index contributed by atoms with van der Waals surface area (Å²) >= 11 is 5.88. The first-order valence-corrected chi connectivity index (χ1v) is 9.07. The van der Waals surface area contributed by atoms with Crippen LogP contribution in [-0.2, 0) is 10.0 Å². The lowest BCUT2D eigenvalue weighted by atomic mass is 9.75. The molecule has 0 unspecified atom stereocenters. The van der Waals surface area contributed by atoms with Crippen molar-refractivity contribution in [1.29, 1.82) is 0 Å². The first-order chi connectivity index (χ1) is 9.84. The van der Waals surface area contributed by atoms with Gasteiger partial charge < -0.3 is 5.73 Å². The fourth-order valence-corrected chi connectivity index (χ4v) is 4.52. The predicted octanol–water partition coefficient (Wildman–Crippen LogP) is 2.91. The number of aromatic nitrogens is 1. The Balaban J connectivity index is 2.20. The van der Waals surface area contributed by atoms with Crippen LogP contribution in [-0.4, -0.2) is 30.8 Å². The topological polar surface area (TPSA) is 76.3 Å². The van der Waals surface area contributed by atoms with E-state index in [9.17, 15) is 8.42 Å². The molecule has 1 saturated heterocycles. The van der Waals surface area contributed by atoms with Gasteiger partial charge in [0, 0.05) is 19.3 Å². The molecule has 0 atom stereocenters. The number of sulfonamides is 1. The van der Waals surface area contributed by atoms with Gasteiger partial charge in [0.2, 0.25) is 10.0 Å². The molecule has 2 heterocycles. The summed E-state index contributed by atoms with van der Waals surface area (Å²) in [6.07, 6.45) is 5.25. The van der Waals surface area contributed by atoms with Crippen LogP contribution in [0.3, 0.4) is 0 Å². The van der Waals surface area contributed by atoms with Crippen molar-refractivity contribution in [2.75, 3.05) is 18.8 Å². The van der Waals surface area contributed by atoms with Crippen molar-refractivity contribution in [2.45, 2.75) is 44.4 Å². The van der Waals surface area contributed by atoms with E-state index < -0.39 is 10.0 Å². The number of hydrogen-bond acceptors (Lipinski definition) is 4. The predicted molar refractivity (Wildman–Crippen MR) is 84.7 cm³/mol. The second-order valence-electron chi connectivity index (χ2n) is 5.65. The Bertz CT molecular complexity index is 605. The average molecular weight is 332 g/mol. The van der Waals surface area contributed by atoms with Crippen LogP contribution in [0, 0.1) is 5.41 Å². The lowest BCUT2D eigenvalue weighted by Gasteiger charge is -2.40. The highest BCUT2D eigenvalue weighted by Crippen LogP contribution is 2.39. The normalized spacial score (nSPS) is 19.6. The molecule has 118 valence electrons. The molecule has 1 aromatic rings. The monoisotopic (exact) mass is 331 g/mol. The molecule has 0 spiro atoms. The first kappa shape index (κ1) is 16.5. The summed E-state index contributed by atoms with van der Waals surface area (Å²) in [5.41, 5.74) is 5.81. The van der Waals surface area contributed by atoms with Crippen LogP contribution in [0.15, 0.2) is 17.2 Å². The van der Waals surface area contributed by atoms with Gasteiger partial charge in [0.1, 0.15) is 10.7 Å². The molecule has 0 saturated carbocycles. The van der Waals surface area contributed by atoms with Crippen molar-refractivity contribution < 1.29 is 8.42 Å². The van der Waals surface area contributed by atoms with Crippen LogP contribution in [0.25, 0.3) is 0 Å². The van der Waals surface area contributed by atoms with Crippen LogP contribution in [0.2, 0.25) is 5.02 Å². The standard InChI is InChI=1S/C14H22ClN3O2S/c1-3-14(4-2)5-7-18(8-6-14)21(19,20)11-9-12(15)13(16)17-10-11/h9-10H,3-8H2,1-2H3,(H2,16,17). The van der Waals surface area contributed by atoms with Gasteiger partial charge in [0.05, 0.1) is 5.02 Å². The lowest BCUT2D eigenvalue weighted by molar-refractivity contribution is 0.141. The highest BCUT2D eigenvalue weighted by atomic mass is 35.5. The molecule has 7 heteroatoms. The number of hydrogen-bond donors (Lipinski definition) is 1. The highest BCUT2D eigenvalue weighted by molar-refractivity contribution is 7.89. The Morgan fingerprint density at radius 2 is 1.90 bits per heavy atom. The Labute approximate surface area is 131 Å². The number of piperidine rings is 1. The van der Waals surface area contributed by atoms with Crippen molar-refractivity contribution >= 4 is 27.4 Å². The number of rotatable bonds is 4. The van der Waals surface area contributed by atoms with E-state index in [2.05, 4.69) is 18.8 Å². The Kier molecular flexibility index (Phi) is 4.80. The van der Waals surface area contributed by atoms with Crippen LogP contribution in [0.4, 0.5) is 5.82 Å². The summed E-state index contributed by atoms with van der Waals surface area (Å²) in [6.45, 7) is 5.45. The van der Waals surface area contributed by atoms with Gasteiger partial charge >= 0.3 is 0 Å². The third-order valence-corrected chi connectivity index (χ3v) is 6.93. The number of nitrogen functional groups attached to an aromatic ring is 1. The molecule has 0 amide bonds. The van der Waals surface area contributed by atoms with Gasteiger partial charge in [-0.05, 0) is 24.3 Å². The summed E-state index contributed by atoms with van der Waals surface area (Å²) in [4.78, 5) is 3.95. The quantitative estimate of drug-likeness (QED) is 0.920. The second kappa shape index (κ2) is 6.10. The zero-order valence-electron chi connectivity index (χ0n) is 12.5. The van der Waals surface area contributed by atoms with Gasteiger partial charge in [-0.15, -0.1) is 0 Å². The molecule has 1 fully saturated rings. The van der Waals surface area contributed by atoms with Gasteiger partial charge in [-0.3, -0.25) is 0 Å². The molecule has 1 aliphatic rings. The van der Waals surface area contributed by atoms with E-state index in [1.807, 2.05) is 0 Å². The first-order valence-electron chi connectivity index (χ1n) is 7.26. The minimum absolute atomic E-state index is 0.113. The van der Waals surface area contributed by atoms with Gasteiger partial charge in [0.25, 0.3) is 0 Å². The van der Waals surface area contributed by atoms with Gasteiger partial charge in [-0.25, -0.2) is 13.4 Å². The van der Waals surface area contributed by atoms with Crippen molar-refractivity contribution in [3.8, 4) is 0 Å². The molecule has 0 radical (unpaired) electrons. The highest BCUT2D eigenvalue weighted by Gasteiger charge is 2.36. The van der Waals surface area contributed by atoms with Crippen molar-refractivity contribution in [1.82, 2.24) is 9.29 Å². The number of pyridine rings is 1. The molecule has 1 aliphatic heterocycles. The van der Waals surface area contributed by atoms with Crippen LogP contribution < -0.4 is 5.73 Å². The molecular formula is C14H22ClN3O2S. The molecule has 0 aromatic carbocycles. The SMILES string of the molecule is CCC1(CC)CCN(S(=O)(=O)c2cnc(N)c(Cl)c2)CC1. The summed E-state index contributed by atoms with van der Waals surface area (Å²) in [6, 6.07) is 1.38. The molecule has 2 rings (SSSR count). The van der Waals surface area contributed by atoms with Crippen molar-refractivity contribution in [3.63, 3.8) is 0 Å². The minimum Gasteiger partial charge on any atom is -0.382 e. The average Bonchev–Trinajstić information content (AvgIpc) is 2.50. The van der Waals surface area contributed by atoms with Crippen LogP contribution >= 0.6 is 11.6 Å². The zero-order chi connectivity index (χ0) is 15.7. The largest absolute Gasteiger partial charge is 0.382 e. The molecule has 0 bridgehead atoms. The fraction of sp³-hybridized carbons (Fsp3) is 0.643. The van der Waals surface area contributed by atoms with E-state index in [-0.39, 0.29) is 21.2 Å². The van der Waals surface area contributed by atoms with Gasteiger partial charge in [0.15, 0.2) is 0 Å².